The molecule has 0 bridgehead atoms. The van der Waals surface area contributed by atoms with Crippen LogP contribution in [0.25, 0.3) is 11.0 Å². The summed E-state index contributed by atoms with van der Waals surface area (Å²) < 4.78 is 15.5. The summed E-state index contributed by atoms with van der Waals surface area (Å²) in [5.41, 5.74) is 0.189. The van der Waals surface area contributed by atoms with Crippen molar-refractivity contribution in [1.82, 2.24) is 0 Å². The molecule has 3 rings (SSSR count). The van der Waals surface area contributed by atoms with Gasteiger partial charge in [-0.05, 0) is 24.3 Å². The van der Waals surface area contributed by atoms with Crippen LogP contribution in [0.15, 0.2) is 45.6 Å². The summed E-state index contributed by atoms with van der Waals surface area (Å²) in [6.45, 7) is -0.174. The molecule has 8 heteroatoms. The van der Waals surface area contributed by atoms with Gasteiger partial charge in [0.2, 0.25) is 0 Å². The topological polar surface area (TPSA) is 65.7 Å². The maximum atomic E-state index is 12.4. The molecule has 0 saturated carbocycles. The van der Waals surface area contributed by atoms with Gasteiger partial charge in [-0.25, -0.2) is 9.59 Å². The lowest BCUT2D eigenvalue weighted by atomic mass is 10.1. The summed E-state index contributed by atoms with van der Waals surface area (Å²) in [6, 6.07) is 9.17. The summed E-state index contributed by atoms with van der Waals surface area (Å²) in [6.07, 6.45) is 0. The Morgan fingerprint density at radius 2 is 1.81 bits per heavy atom. The fourth-order valence-corrected chi connectivity index (χ4v) is 3.07. The molecule has 0 radical (unpaired) electrons. The molecule has 0 spiro atoms. The maximum Gasteiger partial charge on any atom is 0.341 e. The Morgan fingerprint density at radius 3 is 2.54 bits per heavy atom. The Hall–Kier alpha value is -2.21. The Balaban J connectivity index is 1.92. The van der Waals surface area contributed by atoms with Gasteiger partial charge in [-0.15, -0.1) is 0 Å². The molecule has 5 nitrogen and oxygen atoms in total. The monoisotopic (exact) mass is 412 g/mol. The molecule has 0 atom stereocenters. The molecule has 0 aliphatic rings. The molecule has 0 unspecified atom stereocenters. The highest BCUT2D eigenvalue weighted by Crippen LogP contribution is 2.32. The minimum Gasteiger partial charge on any atom is -0.497 e. The number of fused-ring (bicyclic) bond motifs is 1. The molecule has 0 saturated heterocycles. The second-order valence-electron chi connectivity index (χ2n) is 5.25. The first-order valence-corrected chi connectivity index (χ1v) is 8.45. The molecule has 0 aliphatic carbocycles. The smallest absolute Gasteiger partial charge is 0.341 e. The van der Waals surface area contributed by atoms with Crippen LogP contribution in [0.4, 0.5) is 0 Å². The van der Waals surface area contributed by atoms with E-state index in [1.165, 1.54) is 25.3 Å². The number of esters is 1. The van der Waals surface area contributed by atoms with Gasteiger partial charge >= 0.3 is 11.6 Å². The Morgan fingerprint density at radius 1 is 1.08 bits per heavy atom. The first-order chi connectivity index (χ1) is 12.4. The minimum absolute atomic E-state index is 0.00587. The standard InChI is InChI=1S/C18H11Cl3O5/c1-24-10-2-3-11-9(6-15(22)26-14(11)7-10)8-25-18(23)16-12(19)4-5-13(20)17(16)21/h2-7H,8H2,1H3. The van der Waals surface area contributed by atoms with E-state index in [1.807, 2.05) is 0 Å². The second-order valence-corrected chi connectivity index (χ2v) is 6.44. The van der Waals surface area contributed by atoms with Crippen molar-refractivity contribution in [3.63, 3.8) is 0 Å². The number of halogens is 3. The first-order valence-electron chi connectivity index (χ1n) is 7.32. The normalized spacial score (nSPS) is 10.8. The first kappa shape index (κ1) is 18.6. The average molecular weight is 414 g/mol. The van der Waals surface area contributed by atoms with E-state index in [0.29, 0.717) is 22.3 Å². The molecule has 0 N–H and O–H groups in total. The van der Waals surface area contributed by atoms with E-state index in [-0.39, 0.29) is 27.2 Å². The summed E-state index contributed by atoms with van der Waals surface area (Å²) in [7, 11) is 1.50. The van der Waals surface area contributed by atoms with E-state index in [4.69, 9.17) is 48.7 Å². The van der Waals surface area contributed by atoms with Crippen molar-refractivity contribution in [3.8, 4) is 5.75 Å². The van der Waals surface area contributed by atoms with Crippen LogP contribution in [0, 0.1) is 0 Å². The molecular formula is C18H11Cl3O5. The zero-order valence-corrected chi connectivity index (χ0v) is 15.6. The van der Waals surface area contributed by atoms with Gasteiger partial charge in [0.05, 0.1) is 27.7 Å². The lowest BCUT2D eigenvalue weighted by molar-refractivity contribution is 0.0474. The van der Waals surface area contributed by atoms with Gasteiger partial charge in [0.15, 0.2) is 0 Å². The Kier molecular flexibility index (Phi) is 5.41. The van der Waals surface area contributed by atoms with Crippen LogP contribution in [-0.2, 0) is 11.3 Å². The van der Waals surface area contributed by atoms with Crippen LogP contribution >= 0.6 is 34.8 Å². The van der Waals surface area contributed by atoms with Gasteiger partial charge in [0.25, 0.3) is 0 Å². The summed E-state index contributed by atoms with van der Waals surface area (Å²) in [4.78, 5) is 24.1. The molecule has 2 aromatic carbocycles. The summed E-state index contributed by atoms with van der Waals surface area (Å²) in [5, 5.41) is 0.917. The molecule has 1 heterocycles. The fraction of sp³-hybridized carbons (Fsp3) is 0.111. The predicted octanol–water partition coefficient (Wildman–Crippen LogP) is 5.12. The largest absolute Gasteiger partial charge is 0.497 e. The Labute approximate surface area is 163 Å². The third-order valence-electron chi connectivity index (χ3n) is 3.64. The SMILES string of the molecule is COc1ccc2c(COC(=O)c3c(Cl)ccc(Cl)c3Cl)cc(=O)oc2c1. The second kappa shape index (κ2) is 7.58. The van der Waals surface area contributed by atoms with Gasteiger partial charge in [-0.2, -0.15) is 0 Å². The number of hydrogen-bond acceptors (Lipinski definition) is 5. The van der Waals surface area contributed by atoms with Crippen molar-refractivity contribution in [1.29, 1.82) is 0 Å². The van der Waals surface area contributed by atoms with Gasteiger partial charge in [0, 0.05) is 23.1 Å². The Bertz CT molecular complexity index is 1060. The van der Waals surface area contributed by atoms with Crippen molar-refractivity contribution < 1.29 is 18.7 Å². The van der Waals surface area contributed by atoms with E-state index in [2.05, 4.69) is 0 Å². The maximum absolute atomic E-state index is 12.4. The number of benzene rings is 2. The molecule has 0 aliphatic heterocycles. The van der Waals surface area contributed by atoms with Crippen LogP contribution in [0.5, 0.6) is 5.75 Å². The van der Waals surface area contributed by atoms with Gasteiger partial charge in [0.1, 0.15) is 17.9 Å². The van der Waals surface area contributed by atoms with Crippen molar-refractivity contribution in [2.24, 2.45) is 0 Å². The van der Waals surface area contributed by atoms with Crippen LogP contribution in [0.1, 0.15) is 15.9 Å². The number of carbonyl (C=O) groups excluding carboxylic acids is 1. The van der Waals surface area contributed by atoms with Crippen LogP contribution < -0.4 is 10.4 Å². The predicted molar refractivity (Wildman–Crippen MR) is 99.6 cm³/mol. The third kappa shape index (κ3) is 3.65. The molecule has 134 valence electrons. The average Bonchev–Trinajstić information content (AvgIpc) is 2.62. The van der Waals surface area contributed by atoms with E-state index < -0.39 is 11.6 Å². The number of methoxy groups -OCH3 is 1. The fourth-order valence-electron chi connectivity index (χ4n) is 2.39. The van der Waals surface area contributed by atoms with E-state index in [9.17, 15) is 9.59 Å². The van der Waals surface area contributed by atoms with Crippen molar-refractivity contribution >= 4 is 51.7 Å². The quantitative estimate of drug-likeness (QED) is 0.337. The van der Waals surface area contributed by atoms with Crippen molar-refractivity contribution in [3.05, 3.63) is 73.0 Å². The van der Waals surface area contributed by atoms with Gasteiger partial charge < -0.3 is 13.9 Å². The lowest BCUT2D eigenvalue weighted by Gasteiger charge is -2.10. The minimum atomic E-state index is -0.752. The summed E-state index contributed by atoms with van der Waals surface area (Å²) >= 11 is 18.0. The van der Waals surface area contributed by atoms with E-state index in [1.54, 1.807) is 18.2 Å². The highest BCUT2D eigenvalue weighted by atomic mass is 35.5. The van der Waals surface area contributed by atoms with Crippen LogP contribution in [0.3, 0.4) is 0 Å². The molecule has 0 amide bonds. The number of ether oxygens (including phenoxy) is 2. The highest BCUT2D eigenvalue weighted by Gasteiger charge is 2.19. The van der Waals surface area contributed by atoms with Crippen molar-refractivity contribution in [2.75, 3.05) is 7.11 Å². The molecule has 0 fully saturated rings. The zero-order valence-electron chi connectivity index (χ0n) is 13.3. The third-order valence-corrected chi connectivity index (χ3v) is 4.76. The number of carbonyl (C=O) groups is 1. The van der Waals surface area contributed by atoms with E-state index >= 15 is 0 Å². The zero-order chi connectivity index (χ0) is 18.8. The summed E-state index contributed by atoms with van der Waals surface area (Å²) in [5.74, 6) is -0.218. The molecule has 1 aromatic heterocycles. The molecule has 26 heavy (non-hydrogen) atoms. The number of rotatable bonds is 4. The van der Waals surface area contributed by atoms with Crippen molar-refractivity contribution in [2.45, 2.75) is 6.61 Å². The van der Waals surface area contributed by atoms with Crippen LogP contribution in [0.2, 0.25) is 15.1 Å². The van der Waals surface area contributed by atoms with Crippen LogP contribution in [-0.4, -0.2) is 13.1 Å². The number of hydrogen-bond donors (Lipinski definition) is 0. The molecule has 3 aromatic rings. The lowest BCUT2D eigenvalue weighted by Crippen LogP contribution is -2.09. The molecular weight excluding hydrogens is 403 g/mol. The highest BCUT2D eigenvalue weighted by molar-refractivity contribution is 6.46. The van der Waals surface area contributed by atoms with Gasteiger partial charge in [-0.3, -0.25) is 0 Å². The van der Waals surface area contributed by atoms with E-state index in [0.717, 1.165) is 0 Å². The van der Waals surface area contributed by atoms with Gasteiger partial charge in [-0.1, -0.05) is 34.8 Å².